The van der Waals surface area contributed by atoms with Gasteiger partial charge >= 0.3 is 0 Å². The molecule has 1 heterocycles. The van der Waals surface area contributed by atoms with E-state index in [1.165, 1.54) is 23.1 Å². The molecule has 3 heteroatoms. The Morgan fingerprint density at radius 3 is 2.95 bits per heavy atom. The van der Waals surface area contributed by atoms with E-state index in [9.17, 15) is 0 Å². The van der Waals surface area contributed by atoms with Crippen molar-refractivity contribution in [1.29, 1.82) is 0 Å². The number of aryl methyl sites for hydroxylation is 1. The Kier molecular flexibility index (Phi) is 4.04. The molecule has 20 heavy (non-hydrogen) atoms. The molecule has 104 valence electrons. The lowest BCUT2D eigenvalue weighted by Gasteiger charge is -2.33. The van der Waals surface area contributed by atoms with E-state index in [-0.39, 0.29) is 0 Å². The number of nitrogens with zero attached hydrogens (tertiary/aromatic N) is 1. The van der Waals surface area contributed by atoms with Crippen molar-refractivity contribution in [2.75, 3.05) is 7.05 Å². The van der Waals surface area contributed by atoms with Gasteiger partial charge in [0.05, 0.1) is 5.02 Å². The van der Waals surface area contributed by atoms with Crippen LogP contribution < -0.4 is 5.32 Å². The van der Waals surface area contributed by atoms with Gasteiger partial charge in [0, 0.05) is 18.4 Å². The van der Waals surface area contributed by atoms with Gasteiger partial charge in [-0.1, -0.05) is 35.9 Å². The lowest BCUT2D eigenvalue weighted by Crippen LogP contribution is -2.31. The molecule has 1 aliphatic carbocycles. The summed E-state index contributed by atoms with van der Waals surface area (Å²) in [6, 6.07) is 11.2. The molecule has 1 N–H and O–H groups in total. The maximum absolute atomic E-state index is 6.25. The van der Waals surface area contributed by atoms with Crippen LogP contribution >= 0.6 is 11.6 Å². The summed E-state index contributed by atoms with van der Waals surface area (Å²) in [5.41, 5.74) is 4.12. The third kappa shape index (κ3) is 2.58. The Morgan fingerprint density at radius 2 is 2.15 bits per heavy atom. The van der Waals surface area contributed by atoms with Crippen molar-refractivity contribution >= 4 is 11.6 Å². The smallest absolute Gasteiger partial charge is 0.0621 e. The zero-order chi connectivity index (χ0) is 13.9. The van der Waals surface area contributed by atoms with Crippen molar-refractivity contribution in [2.45, 2.75) is 25.3 Å². The Hall–Kier alpha value is -1.38. The van der Waals surface area contributed by atoms with Gasteiger partial charge in [-0.25, -0.2) is 0 Å². The minimum absolute atomic E-state index is 0.407. The van der Waals surface area contributed by atoms with Crippen LogP contribution in [0.25, 0.3) is 0 Å². The van der Waals surface area contributed by atoms with Gasteiger partial charge in [0.2, 0.25) is 0 Å². The van der Waals surface area contributed by atoms with Crippen LogP contribution in [-0.4, -0.2) is 12.0 Å². The number of pyridine rings is 1. The molecule has 1 aliphatic rings. The van der Waals surface area contributed by atoms with Crippen LogP contribution in [0.3, 0.4) is 0 Å². The number of hydrogen-bond acceptors (Lipinski definition) is 2. The summed E-state index contributed by atoms with van der Waals surface area (Å²) in [5, 5.41) is 4.27. The third-order valence-electron chi connectivity index (χ3n) is 4.30. The van der Waals surface area contributed by atoms with Crippen LogP contribution in [0.5, 0.6) is 0 Å². The fourth-order valence-electron chi connectivity index (χ4n) is 3.29. The third-order valence-corrected chi connectivity index (χ3v) is 4.64. The summed E-state index contributed by atoms with van der Waals surface area (Å²) >= 11 is 6.25. The fourth-order valence-corrected chi connectivity index (χ4v) is 3.49. The number of hydrogen-bond donors (Lipinski definition) is 1. The molecule has 0 fully saturated rings. The molecule has 1 aromatic carbocycles. The number of benzene rings is 1. The number of rotatable bonds is 3. The van der Waals surface area contributed by atoms with Gasteiger partial charge in [-0.3, -0.25) is 4.98 Å². The SMILES string of the molecule is CNC1c2ccccc2CCC1Cc1ccncc1Cl. The average Bonchev–Trinajstić information content (AvgIpc) is 2.49. The highest BCUT2D eigenvalue weighted by molar-refractivity contribution is 6.31. The molecule has 2 atom stereocenters. The van der Waals surface area contributed by atoms with Crippen molar-refractivity contribution in [3.63, 3.8) is 0 Å². The molecular weight excluding hydrogens is 268 g/mol. The Morgan fingerprint density at radius 1 is 1.30 bits per heavy atom. The van der Waals surface area contributed by atoms with Gasteiger partial charge in [0.1, 0.15) is 0 Å². The summed E-state index contributed by atoms with van der Waals surface area (Å²) in [6.07, 6.45) is 6.92. The average molecular weight is 287 g/mol. The first kappa shape index (κ1) is 13.6. The van der Waals surface area contributed by atoms with Crippen LogP contribution in [0.2, 0.25) is 5.02 Å². The molecule has 2 aromatic rings. The Bertz CT molecular complexity index is 597. The molecule has 0 spiro atoms. The summed E-state index contributed by atoms with van der Waals surface area (Å²) < 4.78 is 0. The summed E-state index contributed by atoms with van der Waals surface area (Å²) in [6.45, 7) is 0. The minimum Gasteiger partial charge on any atom is -0.313 e. The molecular formula is C17H19ClN2. The molecule has 1 aromatic heterocycles. The summed E-state index contributed by atoms with van der Waals surface area (Å²) in [5.74, 6) is 0.579. The normalized spacial score (nSPS) is 21.5. The maximum atomic E-state index is 6.25. The Labute approximate surface area is 125 Å². The van der Waals surface area contributed by atoms with Crippen molar-refractivity contribution in [3.8, 4) is 0 Å². The monoisotopic (exact) mass is 286 g/mol. The van der Waals surface area contributed by atoms with Crippen LogP contribution in [0.15, 0.2) is 42.7 Å². The molecule has 0 saturated heterocycles. The van der Waals surface area contributed by atoms with Crippen molar-refractivity contribution in [3.05, 3.63) is 64.4 Å². The van der Waals surface area contributed by atoms with Crippen LogP contribution in [-0.2, 0) is 12.8 Å². The second-order valence-electron chi connectivity index (χ2n) is 5.44. The van der Waals surface area contributed by atoms with Gasteiger partial charge in [0.25, 0.3) is 0 Å². The first-order valence-electron chi connectivity index (χ1n) is 7.13. The zero-order valence-electron chi connectivity index (χ0n) is 11.6. The van der Waals surface area contributed by atoms with Gasteiger partial charge in [-0.2, -0.15) is 0 Å². The lowest BCUT2D eigenvalue weighted by atomic mass is 9.77. The molecule has 3 rings (SSSR count). The summed E-state index contributed by atoms with van der Waals surface area (Å²) in [4.78, 5) is 4.07. The van der Waals surface area contributed by atoms with Gasteiger partial charge in [0.15, 0.2) is 0 Å². The van der Waals surface area contributed by atoms with E-state index < -0.39 is 0 Å². The van der Waals surface area contributed by atoms with Gasteiger partial charge < -0.3 is 5.32 Å². The highest BCUT2D eigenvalue weighted by atomic mass is 35.5. The molecule has 0 radical (unpaired) electrons. The number of aromatic nitrogens is 1. The standard InChI is InChI=1S/C17H19ClN2/c1-19-17-14(10-13-8-9-20-11-16(13)18)7-6-12-4-2-3-5-15(12)17/h2-5,8-9,11,14,17,19H,6-7,10H2,1H3. The quantitative estimate of drug-likeness (QED) is 0.928. The van der Waals surface area contributed by atoms with Crippen molar-refractivity contribution < 1.29 is 0 Å². The maximum Gasteiger partial charge on any atom is 0.0621 e. The Balaban J connectivity index is 1.87. The molecule has 2 unspecified atom stereocenters. The van der Waals surface area contributed by atoms with Gasteiger partial charge in [-0.05, 0) is 55.0 Å². The number of nitrogens with one attached hydrogen (secondary N) is 1. The molecule has 0 amide bonds. The van der Waals surface area contributed by atoms with Crippen molar-refractivity contribution in [1.82, 2.24) is 10.3 Å². The molecule has 0 saturated carbocycles. The van der Waals surface area contributed by atoms with E-state index in [4.69, 9.17) is 11.6 Å². The fraction of sp³-hybridized carbons (Fsp3) is 0.353. The van der Waals surface area contributed by atoms with E-state index in [1.54, 1.807) is 6.20 Å². The predicted molar refractivity (Wildman–Crippen MR) is 83.0 cm³/mol. The number of fused-ring (bicyclic) bond motifs is 1. The van der Waals surface area contributed by atoms with E-state index >= 15 is 0 Å². The highest BCUT2D eigenvalue weighted by Crippen LogP contribution is 2.36. The number of halogens is 1. The van der Waals surface area contributed by atoms with E-state index in [2.05, 4.69) is 34.6 Å². The second kappa shape index (κ2) is 5.94. The van der Waals surface area contributed by atoms with Crippen LogP contribution in [0.1, 0.15) is 29.2 Å². The van der Waals surface area contributed by atoms with Gasteiger partial charge in [-0.15, -0.1) is 0 Å². The van der Waals surface area contributed by atoms with Crippen LogP contribution in [0, 0.1) is 5.92 Å². The lowest BCUT2D eigenvalue weighted by molar-refractivity contribution is 0.335. The largest absolute Gasteiger partial charge is 0.313 e. The minimum atomic E-state index is 0.407. The molecule has 0 aliphatic heterocycles. The molecule has 0 bridgehead atoms. The van der Waals surface area contributed by atoms with Crippen molar-refractivity contribution in [2.24, 2.45) is 5.92 Å². The van der Waals surface area contributed by atoms with E-state index in [0.29, 0.717) is 12.0 Å². The van der Waals surface area contributed by atoms with E-state index in [0.717, 1.165) is 17.9 Å². The summed E-state index contributed by atoms with van der Waals surface area (Å²) in [7, 11) is 2.05. The second-order valence-corrected chi connectivity index (χ2v) is 5.84. The van der Waals surface area contributed by atoms with E-state index in [1.807, 2.05) is 19.3 Å². The van der Waals surface area contributed by atoms with Crippen LogP contribution in [0.4, 0.5) is 0 Å². The zero-order valence-corrected chi connectivity index (χ0v) is 12.4. The highest BCUT2D eigenvalue weighted by Gasteiger charge is 2.28. The first-order chi connectivity index (χ1) is 9.79. The topological polar surface area (TPSA) is 24.9 Å². The predicted octanol–water partition coefficient (Wildman–Crippen LogP) is 3.80. The molecule has 2 nitrogen and oxygen atoms in total. The first-order valence-corrected chi connectivity index (χ1v) is 7.51.